The van der Waals surface area contributed by atoms with Crippen molar-refractivity contribution in [3.05, 3.63) is 0 Å². The lowest BCUT2D eigenvalue weighted by Crippen LogP contribution is -2.27. The van der Waals surface area contributed by atoms with Gasteiger partial charge in [-0.2, -0.15) is 0 Å². The molecule has 2 heteroatoms. The molecule has 1 aliphatic carbocycles. The highest BCUT2D eigenvalue weighted by molar-refractivity contribution is 4.83. The van der Waals surface area contributed by atoms with Crippen LogP contribution in [0.25, 0.3) is 0 Å². The van der Waals surface area contributed by atoms with Gasteiger partial charge < -0.3 is 10.8 Å². The SMILES string of the molecule is CC(C)C.NCCC1(O)CCCC1. The molecule has 1 aliphatic rings. The topological polar surface area (TPSA) is 46.2 Å². The molecule has 0 amide bonds. The zero-order chi connectivity index (χ0) is 10.3. The van der Waals surface area contributed by atoms with Crippen LogP contribution in [-0.2, 0) is 0 Å². The van der Waals surface area contributed by atoms with Crippen LogP contribution in [-0.4, -0.2) is 17.3 Å². The second-order valence-electron chi connectivity index (χ2n) is 4.70. The van der Waals surface area contributed by atoms with Crippen molar-refractivity contribution in [2.75, 3.05) is 6.54 Å². The molecular weight excluding hydrogens is 162 g/mol. The van der Waals surface area contributed by atoms with Gasteiger partial charge in [0.25, 0.3) is 0 Å². The van der Waals surface area contributed by atoms with Gasteiger partial charge in [0.15, 0.2) is 0 Å². The van der Waals surface area contributed by atoms with Crippen molar-refractivity contribution in [1.29, 1.82) is 0 Å². The number of aliphatic hydroxyl groups is 1. The minimum atomic E-state index is -0.380. The van der Waals surface area contributed by atoms with E-state index in [-0.39, 0.29) is 5.60 Å². The third kappa shape index (κ3) is 7.03. The molecule has 0 spiro atoms. The first kappa shape index (κ1) is 12.9. The summed E-state index contributed by atoms with van der Waals surface area (Å²) in [6.45, 7) is 7.12. The van der Waals surface area contributed by atoms with E-state index in [1.807, 2.05) is 0 Å². The van der Waals surface area contributed by atoms with E-state index in [1.54, 1.807) is 0 Å². The van der Waals surface area contributed by atoms with E-state index in [4.69, 9.17) is 5.73 Å². The lowest BCUT2D eigenvalue weighted by Gasteiger charge is -2.20. The molecule has 0 bridgehead atoms. The van der Waals surface area contributed by atoms with Crippen molar-refractivity contribution in [3.8, 4) is 0 Å². The normalized spacial score (nSPS) is 19.8. The fourth-order valence-electron chi connectivity index (χ4n) is 1.55. The van der Waals surface area contributed by atoms with E-state index in [9.17, 15) is 5.11 Å². The van der Waals surface area contributed by atoms with Crippen LogP contribution in [0.15, 0.2) is 0 Å². The summed E-state index contributed by atoms with van der Waals surface area (Å²) in [5.74, 6) is 0.833. The van der Waals surface area contributed by atoms with E-state index in [2.05, 4.69) is 20.8 Å². The van der Waals surface area contributed by atoms with Gasteiger partial charge in [0.2, 0.25) is 0 Å². The van der Waals surface area contributed by atoms with Crippen molar-refractivity contribution in [1.82, 2.24) is 0 Å². The molecule has 2 nitrogen and oxygen atoms in total. The molecule has 0 heterocycles. The van der Waals surface area contributed by atoms with Crippen LogP contribution in [0.2, 0.25) is 0 Å². The van der Waals surface area contributed by atoms with E-state index in [1.165, 1.54) is 12.8 Å². The van der Waals surface area contributed by atoms with E-state index >= 15 is 0 Å². The van der Waals surface area contributed by atoms with Gasteiger partial charge in [-0.3, -0.25) is 0 Å². The standard InChI is InChI=1S/C7H15NO.C4H10/c8-6-5-7(9)3-1-2-4-7;1-4(2)3/h9H,1-6,8H2;4H,1-3H3. The third-order valence-corrected chi connectivity index (χ3v) is 2.14. The van der Waals surface area contributed by atoms with Crippen LogP contribution in [0, 0.1) is 5.92 Å². The summed E-state index contributed by atoms with van der Waals surface area (Å²) in [4.78, 5) is 0. The molecule has 80 valence electrons. The molecule has 1 fully saturated rings. The Bertz CT molecular complexity index is 115. The van der Waals surface area contributed by atoms with Crippen molar-refractivity contribution in [2.45, 2.75) is 58.5 Å². The Morgan fingerprint density at radius 2 is 1.62 bits per heavy atom. The molecule has 0 aliphatic heterocycles. The van der Waals surface area contributed by atoms with E-state index < -0.39 is 0 Å². The number of nitrogens with two attached hydrogens (primary N) is 1. The molecule has 0 aromatic carbocycles. The largest absolute Gasteiger partial charge is 0.390 e. The van der Waals surface area contributed by atoms with Crippen LogP contribution < -0.4 is 5.73 Å². The van der Waals surface area contributed by atoms with E-state index in [0.29, 0.717) is 6.54 Å². The van der Waals surface area contributed by atoms with Crippen LogP contribution in [0.3, 0.4) is 0 Å². The van der Waals surface area contributed by atoms with Crippen LogP contribution in [0.1, 0.15) is 52.9 Å². The van der Waals surface area contributed by atoms with Gasteiger partial charge in [-0.15, -0.1) is 0 Å². The Balaban J connectivity index is 0.000000310. The quantitative estimate of drug-likeness (QED) is 0.697. The average Bonchev–Trinajstić information content (AvgIpc) is 2.35. The first-order chi connectivity index (χ1) is 6.00. The molecule has 0 aromatic rings. The molecular formula is C11H25NO. The number of rotatable bonds is 2. The summed E-state index contributed by atoms with van der Waals surface area (Å²) in [6.07, 6.45) is 5.06. The molecule has 1 rings (SSSR count). The predicted octanol–water partition coefficient (Wildman–Crippen LogP) is 2.30. The first-order valence-electron chi connectivity index (χ1n) is 5.42. The van der Waals surface area contributed by atoms with Gasteiger partial charge in [0.05, 0.1) is 5.60 Å². The van der Waals surface area contributed by atoms with E-state index in [0.717, 1.165) is 25.2 Å². The summed E-state index contributed by atoms with van der Waals surface area (Å²) in [6, 6.07) is 0. The first-order valence-corrected chi connectivity index (χ1v) is 5.42. The zero-order valence-electron chi connectivity index (χ0n) is 9.34. The van der Waals surface area contributed by atoms with Crippen molar-refractivity contribution >= 4 is 0 Å². The molecule has 13 heavy (non-hydrogen) atoms. The van der Waals surface area contributed by atoms with Crippen LogP contribution >= 0.6 is 0 Å². The van der Waals surface area contributed by atoms with Crippen molar-refractivity contribution in [2.24, 2.45) is 11.7 Å². The summed E-state index contributed by atoms with van der Waals surface area (Å²) in [5.41, 5.74) is 4.95. The summed E-state index contributed by atoms with van der Waals surface area (Å²) < 4.78 is 0. The maximum absolute atomic E-state index is 9.61. The maximum atomic E-state index is 9.61. The fraction of sp³-hybridized carbons (Fsp3) is 1.00. The molecule has 0 aromatic heterocycles. The van der Waals surface area contributed by atoms with Gasteiger partial charge >= 0.3 is 0 Å². The van der Waals surface area contributed by atoms with Gasteiger partial charge in [-0.1, -0.05) is 33.6 Å². The van der Waals surface area contributed by atoms with Crippen molar-refractivity contribution in [3.63, 3.8) is 0 Å². The highest BCUT2D eigenvalue weighted by Gasteiger charge is 2.29. The minimum absolute atomic E-state index is 0.380. The van der Waals surface area contributed by atoms with Gasteiger partial charge in [-0.25, -0.2) is 0 Å². The van der Waals surface area contributed by atoms with Crippen LogP contribution in [0.5, 0.6) is 0 Å². The van der Waals surface area contributed by atoms with Crippen molar-refractivity contribution < 1.29 is 5.11 Å². The Hall–Kier alpha value is -0.0800. The lowest BCUT2D eigenvalue weighted by atomic mass is 9.98. The Morgan fingerprint density at radius 1 is 1.23 bits per heavy atom. The monoisotopic (exact) mass is 187 g/mol. The Labute approximate surface area is 82.5 Å². The fourth-order valence-corrected chi connectivity index (χ4v) is 1.55. The second-order valence-corrected chi connectivity index (χ2v) is 4.70. The summed E-state index contributed by atoms with van der Waals surface area (Å²) in [7, 11) is 0. The summed E-state index contributed by atoms with van der Waals surface area (Å²) >= 11 is 0. The highest BCUT2D eigenvalue weighted by atomic mass is 16.3. The van der Waals surface area contributed by atoms with Gasteiger partial charge in [0.1, 0.15) is 0 Å². The smallest absolute Gasteiger partial charge is 0.0659 e. The molecule has 3 N–H and O–H groups in total. The predicted molar refractivity (Wildman–Crippen MR) is 57.6 cm³/mol. The third-order valence-electron chi connectivity index (χ3n) is 2.14. The second kappa shape index (κ2) is 6.39. The molecule has 0 atom stereocenters. The number of hydrogen-bond acceptors (Lipinski definition) is 2. The number of hydrogen-bond donors (Lipinski definition) is 2. The molecule has 0 unspecified atom stereocenters. The van der Waals surface area contributed by atoms with Crippen LogP contribution in [0.4, 0.5) is 0 Å². The molecule has 1 saturated carbocycles. The molecule has 0 radical (unpaired) electrons. The maximum Gasteiger partial charge on any atom is 0.0659 e. The molecule has 0 saturated heterocycles. The van der Waals surface area contributed by atoms with Gasteiger partial charge in [0, 0.05) is 0 Å². The summed E-state index contributed by atoms with van der Waals surface area (Å²) in [5, 5.41) is 9.61. The lowest BCUT2D eigenvalue weighted by molar-refractivity contribution is 0.0414. The average molecular weight is 187 g/mol. The minimum Gasteiger partial charge on any atom is -0.390 e. The highest BCUT2D eigenvalue weighted by Crippen LogP contribution is 2.31. The zero-order valence-corrected chi connectivity index (χ0v) is 9.34. The Morgan fingerprint density at radius 3 is 1.92 bits per heavy atom. The van der Waals surface area contributed by atoms with Gasteiger partial charge in [-0.05, 0) is 31.7 Å². The Kier molecular flexibility index (Phi) is 6.35.